The molecule has 0 amide bonds. The molecule has 12 heavy (non-hydrogen) atoms. The first kappa shape index (κ1) is 9.74. The second kappa shape index (κ2) is 3.58. The Bertz CT molecular complexity index is 334. The largest absolute Gasteiger partial charge is 0.478 e. The molecule has 0 radical (unpaired) electrons. The standard InChI is InChI=1S/C8H6Br2O2/c1-4-6(8(11)12)2-5(9)3-7(4)10/h2-3H,1H3,(H,11,12). The highest BCUT2D eigenvalue weighted by atomic mass is 79.9. The smallest absolute Gasteiger partial charge is 0.336 e. The summed E-state index contributed by atoms with van der Waals surface area (Å²) in [7, 11) is 0. The Morgan fingerprint density at radius 3 is 2.50 bits per heavy atom. The number of carboxylic acid groups (broad SMARTS) is 1. The van der Waals surface area contributed by atoms with Crippen LogP contribution in [0.15, 0.2) is 21.1 Å². The van der Waals surface area contributed by atoms with E-state index in [9.17, 15) is 4.79 Å². The van der Waals surface area contributed by atoms with Crippen LogP contribution in [0.2, 0.25) is 0 Å². The van der Waals surface area contributed by atoms with Gasteiger partial charge in [0.1, 0.15) is 0 Å². The first-order valence-corrected chi connectivity index (χ1v) is 4.80. The van der Waals surface area contributed by atoms with Crippen LogP contribution in [0, 0.1) is 6.92 Å². The van der Waals surface area contributed by atoms with Crippen molar-refractivity contribution >= 4 is 37.8 Å². The van der Waals surface area contributed by atoms with E-state index in [0.717, 1.165) is 14.5 Å². The molecule has 0 aliphatic rings. The van der Waals surface area contributed by atoms with Crippen molar-refractivity contribution in [3.05, 3.63) is 32.2 Å². The summed E-state index contributed by atoms with van der Waals surface area (Å²) in [4.78, 5) is 10.7. The van der Waals surface area contributed by atoms with Gasteiger partial charge in [-0.25, -0.2) is 4.79 Å². The normalized spacial score (nSPS) is 9.92. The molecular formula is C8H6Br2O2. The molecule has 1 rings (SSSR count). The maximum absolute atomic E-state index is 10.7. The molecule has 0 atom stereocenters. The quantitative estimate of drug-likeness (QED) is 0.863. The molecule has 0 unspecified atom stereocenters. The third kappa shape index (κ3) is 1.87. The SMILES string of the molecule is Cc1c(Br)cc(Br)cc1C(=O)O. The maximum atomic E-state index is 10.7. The molecule has 0 heterocycles. The number of benzene rings is 1. The van der Waals surface area contributed by atoms with E-state index in [1.807, 2.05) is 6.07 Å². The topological polar surface area (TPSA) is 37.3 Å². The third-order valence-electron chi connectivity index (χ3n) is 1.54. The highest BCUT2D eigenvalue weighted by Crippen LogP contribution is 2.25. The summed E-state index contributed by atoms with van der Waals surface area (Å²) < 4.78 is 1.56. The summed E-state index contributed by atoms with van der Waals surface area (Å²) in [6.45, 7) is 1.76. The van der Waals surface area contributed by atoms with Gasteiger partial charge in [-0.1, -0.05) is 31.9 Å². The van der Waals surface area contributed by atoms with E-state index < -0.39 is 5.97 Å². The Morgan fingerprint density at radius 1 is 1.42 bits per heavy atom. The van der Waals surface area contributed by atoms with E-state index >= 15 is 0 Å². The van der Waals surface area contributed by atoms with Gasteiger partial charge < -0.3 is 5.11 Å². The highest BCUT2D eigenvalue weighted by molar-refractivity contribution is 9.11. The average Bonchev–Trinajstić information content (AvgIpc) is 1.96. The first-order valence-electron chi connectivity index (χ1n) is 3.21. The minimum Gasteiger partial charge on any atom is -0.478 e. The van der Waals surface area contributed by atoms with Crippen LogP contribution < -0.4 is 0 Å². The lowest BCUT2D eigenvalue weighted by molar-refractivity contribution is 0.0696. The fraction of sp³-hybridized carbons (Fsp3) is 0.125. The molecule has 0 aliphatic carbocycles. The zero-order valence-electron chi connectivity index (χ0n) is 6.27. The molecule has 64 valence electrons. The predicted molar refractivity (Wildman–Crippen MR) is 53.5 cm³/mol. The fourth-order valence-electron chi connectivity index (χ4n) is 0.868. The highest BCUT2D eigenvalue weighted by Gasteiger charge is 2.10. The van der Waals surface area contributed by atoms with Gasteiger partial charge in [0.15, 0.2) is 0 Å². The maximum Gasteiger partial charge on any atom is 0.336 e. The van der Waals surface area contributed by atoms with Gasteiger partial charge in [0.2, 0.25) is 0 Å². The van der Waals surface area contributed by atoms with Crippen LogP contribution in [0.3, 0.4) is 0 Å². The van der Waals surface area contributed by atoms with Crippen LogP contribution in [-0.4, -0.2) is 11.1 Å². The Labute approximate surface area is 86.9 Å². The third-order valence-corrected chi connectivity index (χ3v) is 2.82. The van der Waals surface area contributed by atoms with Crippen molar-refractivity contribution in [2.24, 2.45) is 0 Å². The molecular weight excluding hydrogens is 288 g/mol. The van der Waals surface area contributed by atoms with E-state index in [2.05, 4.69) is 31.9 Å². The van der Waals surface area contributed by atoms with Gasteiger partial charge in [-0.15, -0.1) is 0 Å². The number of hydrogen-bond acceptors (Lipinski definition) is 1. The lowest BCUT2D eigenvalue weighted by Crippen LogP contribution is -1.99. The lowest BCUT2D eigenvalue weighted by atomic mass is 10.1. The van der Waals surface area contributed by atoms with Crippen molar-refractivity contribution in [2.75, 3.05) is 0 Å². The Kier molecular flexibility index (Phi) is 2.90. The molecule has 1 aromatic rings. The van der Waals surface area contributed by atoms with Gasteiger partial charge in [-0.2, -0.15) is 0 Å². The predicted octanol–water partition coefficient (Wildman–Crippen LogP) is 3.22. The average molecular weight is 294 g/mol. The van der Waals surface area contributed by atoms with Crippen molar-refractivity contribution in [3.63, 3.8) is 0 Å². The van der Waals surface area contributed by atoms with Crippen LogP contribution in [0.5, 0.6) is 0 Å². The molecule has 0 aromatic heterocycles. The molecule has 1 aromatic carbocycles. The van der Waals surface area contributed by atoms with E-state index in [0.29, 0.717) is 5.56 Å². The number of aromatic carboxylic acids is 1. The van der Waals surface area contributed by atoms with Gasteiger partial charge in [-0.05, 0) is 24.6 Å². The Balaban J connectivity index is 3.37. The zero-order valence-corrected chi connectivity index (χ0v) is 9.44. The molecule has 2 nitrogen and oxygen atoms in total. The summed E-state index contributed by atoms with van der Waals surface area (Å²) >= 11 is 6.49. The second-order valence-corrected chi connectivity index (χ2v) is 4.14. The van der Waals surface area contributed by atoms with Crippen LogP contribution >= 0.6 is 31.9 Å². The van der Waals surface area contributed by atoms with Crippen molar-refractivity contribution in [1.29, 1.82) is 0 Å². The lowest BCUT2D eigenvalue weighted by Gasteiger charge is -2.03. The second-order valence-electron chi connectivity index (χ2n) is 2.37. The molecule has 0 saturated heterocycles. The van der Waals surface area contributed by atoms with Crippen LogP contribution in [0.4, 0.5) is 0 Å². The van der Waals surface area contributed by atoms with E-state index in [1.54, 1.807) is 13.0 Å². The summed E-state index contributed by atoms with van der Waals surface area (Å²) in [6.07, 6.45) is 0. The Hall–Kier alpha value is -0.350. The summed E-state index contributed by atoms with van der Waals surface area (Å²) in [5.74, 6) is -0.908. The molecule has 0 fully saturated rings. The van der Waals surface area contributed by atoms with Gasteiger partial charge in [0.25, 0.3) is 0 Å². The summed E-state index contributed by atoms with van der Waals surface area (Å²) in [6, 6.07) is 3.41. The van der Waals surface area contributed by atoms with Gasteiger partial charge in [-0.3, -0.25) is 0 Å². The summed E-state index contributed by atoms with van der Waals surface area (Å²) in [5.41, 5.74) is 1.06. The number of carboxylic acids is 1. The van der Waals surface area contributed by atoms with Crippen LogP contribution in [0.25, 0.3) is 0 Å². The van der Waals surface area contributed by atoms with Crippen LogP contribution in [-0.2, 0) is 0 Å². The monoisotopic (exact) mass is 292 g/mol. The number of halogens is 2. The molecule has 0 aliphatic heterocycles. The van der Waals surface area contributed by atoms with E-state index in [4.69, 9.17) is 5.11 Å². The molecule has 4 heteroatoms. The van der Waals surface area contributed by atoms with Crippen molar-refractivity contribution in [1.82, 2.24) is 0 Å². The number of carbonyl (C=O) groups is 1. The van der Waals surface area contributed by atoms with Crippen molar-refractivity contribution < 1.29 is 9.90 Å². The minimum absolute atomic E-state index is 0.316. The van der Waals surface area contributed by atoms with E-state index in [1.165, 1.54) is 0 Å². The van der Waals surface area contributed by atoms with Crippen molar-refractivity contribution in [2.45, 2.75) is 6.92 Å². The van der Waals surface area contributed by atoms with E-state index in [-0.39, 0.29) is 0 Å². The van der Waals surface area contributed by atoms with Gasteiger partial charge in [0, 0.05) is 8.95 Å². The summed E-state index contributed by atoms with van der Waals surface area (Å²) in [5, 5.41) is 8.77. The van der Waals surface area contributed by atoms with Gasteiger partial charge in [0.05, 0.1) is 5.56 Å². The zero-order chi connectivity index (χ0) is 9.30. The molecule has 0 saturated carbocycles. The number of rotatable bonds is 1. The first-order chi connectivity index (χ1) is 5.52. The molecule has 0 spiro atoms. The van der Waals surface area contributed by atoms with Crippen LogP contribution in [0.1, 0.15) is 15.9 Å². The Morgan fingerprint density at radius 2 is 2.00 bits per heavy atom. The molecule has 0 bridgehead atoms. The number of hydrogen-bond donors (Lipinski definition) is 1. The minimum atomic E-state index is -0.908. The van der Waals surface area contributed by atoms with Gasteiger partial charge >= 0.3 is 5.97 Å². The molecule has 1 N–H and O–H groups in total. The van der Waals surface area contributed by atoms with Crippen molar-refractivity contribution in [3.8, 4) is 0 Å². The fourth-order valence-corrected chi connectivity index (χ4v) is 2.09.